The van der Waals surface area contributed by atoms with Gasteiger partial charge in [0.1, 0.15) is 6.33 Å². The number of hydrogen-bond acceptors (Lipinski definition) is 4. The second kappa shape index (κ2) is 4.59. The second-order valence-electron chi connectivity index (χ2n) is 3.58. The van der Waals surface area contributed by atoms with Gasteiger partial charge in [-0.1, -0.05) is 5.11 Å². The molecular formula is C9H10N6O. The number of aromatic nitrogens is 2. The van der Waals surface area contributed by atoms with Crippen LogP contribution >= 0.6 is 0 Å². The minimum Gasteiger partial charge on any atom is -0.309 e. The lowest BCUT2D eigenvalue weighted by atomic mass is 10.1. The van der Waals surface area contributed by atoms with Gasteiger partial charge in [-0.2, -0.15) is 0 Å². The van der Waals surface area contributed by atoms with Crippen LogP contribution in [-0.2, 0) is 4.79 Å². The maximum absolute atomic E-state index is 11.7. The van der Waals surface area contributed by atoms with Gasteiger partial charge in [0.05, 0.1) is 18.1 Å². The minimum absolute atomic E-state index is 0.0212. The van der Waals surface area contributed by atoms with Crippen molar-refractivity contribution < 1.29 is 4.79 Å². The zero-order valence-electron chi connectivity index (χ0n) is 8.52. The Morgan fingerprint density at radius 1 is 1.56 bits per heavy atom. The third kappa shape index (κ3) is 2.09. The highest BCUT2D eigenvalue weighted by molar-refractivity contribution is 5.95. The Morgan fingerprint density at radius 3 is 3.00 bits per heavy atom. The van der Waals surface area contributed by atoms with Gasteiger partial charge in [-0.3, -0.25) is 4.79 Å². The Balaban J connectivity index is 2.08. The van der Waals surface area contributed by atoms with Crippen LogP contribution in [0.1, 0.15) is 6.42 Å². The van der Waals surface area contributed by atoms with Crippen molar-refractivity contribution in [2.75, 3.05) is 18.0 Å². The molecule has 7 nitrogen and oxygen atoms in total. The van der Waals surface area contributed by atoms with E-state index >= 15 is 0 Å². The Bertz CT molecular complexity index is 427. The SMILES string of the molecule is [N-]=[N+]=NCC1CC(=O)N(c2cncnc2)C1. The lowest BCUT2D eigenvalue weighted by molar-refractivity contribution is -0.117. The highest BCUT2D eigenvalue weighted by atomic mass is 16.2. The minimum atomic E-state index is 0.0212. The molecule has 1 aromatic rings. The first-order valence-corrected chi connectivity index (χ1v) is 4.87. The molecule has 7 heteroatoms. The number of amides is 1. The Kier molecular flexibility index (Phi) is 2.98. The number of nitrogens with zero attached hydrogens (tertiary/aromatic N) is 6. The molecule has 0 saturated carbocycles. The zero-order valence-corrected chi connectivity index (χ0v) is 8.52. The summed E-state index contributed by atoms with van der Waals surface area (Å²) in [5, 5.41) is 3.49. The molecule has 1 fully saturated rings. The Hall–Kier alpha value is -2.14. The van der Waals surface area contributed by atoms with Gasteiger partial charge in [-0.25, -0.2) is 9.97 Å². The van der Waals surface area contributed by atoms with Crippen molar-refractivity contribution in [1.29, 1.82) is 0 Å². The van der Waals surface area contributed by atoms with E-state index in [1.165, 1.54) is 6.33 Å². The van der Waals surface area contributed by atoms with E-state index in [-0.39, 0.29) is 11.8 Å². The van der Waals surface area contributed by atoms with Crippen molar-refractivity contribution in [2.24, 2.45) is 11.0 Å². The van der Waals surface area contributed by atoms with Crippen LogP contribution in [0.25, 0.3) is 10.4 Å². The van der Waals surface area contributed by atoms with Crippen molar-refractivity contribution in [3.05, 3.63) is 29.2 Å². The summed E-state index contributed by atoms with van der Waals surface area (Å²) in [5.41, 5.74) is 8.91. The van der Waals surface area contributed by atoms with E-state index in [0.29, 0.717) is 25.2 Å². The summed E-state index contributed by atoms with van der Waals surface area (Å²) >= 11 is 0. The molecule has 16 heavy (non-hydrogen) atoms. The molecule has 0 bridgehead atoms. The first kappa shape index (κ1) is 10.4. The van der Waals surface area contributed by atoms with Gasteiger partial charge in [0, 0.05) is 24.4 Å². The number of rotatable bonds is 3. The summed E-state index contributed by atoms with van der Waals surface area (Å²) in [4.78, 5) is 23.7. The molecule has 0 aromatic carbocycles. The average molecular weight is 218 g/mol. The Morgan fingerprint density at radius 2 is 2.31 bits per heavy atom. The quantitative estimate of drug-likeness (QED) is 0.432. The highest BCUT2D eigenvalue weighted by Gasteiger charge is 2.30. The third-order valence-electron chi connectivity index (χ3n) is 2.47. The summed E-state index contributed by atoms with van der Waals surface area (Å²) in [7, 11) is 0. The highest BCUT2D eigenvalue weighted by Crippen LogP contribution is 2.23. The monoisotopic (exact) mass is 218 g/mol. The largest absolute Gasteiger partial charge is 0.309 e. The molecule has 0 N–H and O–H groups in total. The number of carbonyl (C=O) groups is 1. The number of azide groups is 1. The lowest BCUT2D eigenvalue weighted by Gasteiger charge is -2.14. The van der Waals surface area contributed by atoms with Gasteiger partial charge in [0.25, 0.3) is 0 Å². The fourth-order valence-electron chi connectivity index (χ4n) is 1.74. The first-order chi connectivity index (χ1) is 7.81. The van der Waals surface area contributed by atoms with Crippen LogP contribution in [0.15, 0.2) is 23.8 Å². The van der Waals surface area contributed by atoms with E-state index in [0.717, 1.165) is 0 Å². The summed E-state index contributed by atoms with van der Waals surface area (Å²) < 4.78 is 0. The summed E-state index contributed by atoms with van der Waals surface area (Å²) in [6.45, 7) is 0.914. The van der Waals surface area contributed by atoms with Gasteiger partial charge in [0.15, 0.2) is 0 Å². The van der Waals surface area contributed by atoms with Crippen LogP contribution in [0.5, 0.6) is 0 Å². The number of carbonyl (C=O) groups excluding carboxylic acids is 1. The van der Waals surface area contributed by atoms with Crippen LogP contribution in [0.4, 0.5) is 5.69 Å². The lowest BCUT2D eigenvalue weighted by Crippen LogP contribution is -2.24. The van der Waals surface area contributed by atoms with Crippen LogP contribution in [0.3, 0.4) is 0 Å². The van der Waals surface area contributed by atoms with Crippen LogP contribution in [0, 0.1) is 5.92 Å². The van der Waals surface area contributed by atoms with Crippen molar-refractivity contribution >= 4 is 11.6 Å². The van der Waals surface area contributed by atoms with Crippen molar-refractivity contribution in [3.63, 3.8) is 0 Å². The maximum Gasteiger partial charge on any atom is 0.227 e. The molecule has 0 spiro atoms. The van der Waals surface area contributed by atoms with Gasteiger partial charge in [-0.15, -0.1) is 0 Å². The molecule has 1 aromatic heterocycles. The van der Waals surface area contributed by atoms with E-state index < -0.39 is 0 Å². The van der Waals surface area contributed by atoms with Crippen molar-refractivity contribution in [3.8, 4) is 0 Å². The van der Waals surface area contributed by atoms with Crippen LogP contribution in [0.2, 0.25) is 0 Å². The first-order valence-electron chi connectivity index (χ1n) is 4.87. The average Bonchev–Trinajstić information content (AvgIpc) is 2.69. The summed E-state index contributed by atoms with van der Waals surface area (Å²) in [6, 6.07) is 0. The molecule has 1 amide bonds. The third-order valence-corrected chi connectivity index (χ3v) is 2.47. The second-order valence-corrected chi connectivity index (χ2v) is 3.58. The van der Waals surface area contributed by atoms with E-state index in [9.17, 15) is 4.79 Å². The molecule has 0 aliphatic carbocycles. The molecule has 2 rings (SSSR count). The maximum atomic E-state index is 11.7. The molecule has 82 valence electrons. The summed E-state index contributed by atoms with van der Waals surface area (Å²) in [5.74, 6) is 0.108. The predicted octanol–water partition coefficient (Wildman–Crippen LogP) is 1.14. The van der Waals surface area contributed by atoms with Crippen molar-refractivity contribution in [1.82, 2.24) is 9.97 Å². The van der Waals surface area contributed by atoms with Gasteiger partial charge in [0.2, 0.25) is 5.91 Å². The fourth-order valence-corrected chi connectivity index (χ4v) is 1.74. The van der Waals surface area contributed by atoms with Gasteiger partial charge < -0.3 is 4.90 Å². The van der Waals surface area contributed by atoms with Gasteiger partial charge >= 0.3 is 0 Å². The molecule has 0 radical (unpaired) electrons. The predicted molar refractivity (Wildman–Crippen MR) is 56.5 cm³/mol. The number of hydrogen-bond donors (Lipinski definition) is 0. The smallest absolute Gasteiger partial charge is 0.227 e. The zero-order chi connectivity index (χ0) is 11.4. The van der Waals surface area contributed by atoms with E-state index in [1.54, 1.807) is 17.3 Å². The normalized spacial score (nSPS) is 19.6. The van der Waals surface area contributed by atoms with Crippen LogP contribution in [-0.4, -0.2) is 29.0 Å². The van der Waals surface area contributed by atoms with E-state index in [2.05, 4.69) is 20.0 Å². The molecule has 1 atom stereocenters. The topological polar surface area (TPSA) is 94.9 Å². The standard InChI is InChI=1S/C9H10N6O/c10-14-13-2-7-1-9(16)15(5-7)8-3-11-6-12-4-8/h3-4,6-7H,1-2,5H2. The summed E-state index contributed by atoms with van der Waals surface area (Å²) in [6.07, 6.45) is 5.02. The van der Waals surface area contributed by atoms with Crippen molar-refractivity contribution in [2.45, 2.75) is 6.42 Å². The molecule has 1 aliphatic rings. The molecule has 1 saturated heterocycles. The van der Waals surface area contributed by atoms with E-state index in [4.69, 9.17) is 5.53 Å². The fraction of sp³-hybridized carbons (Fsp3) is 0.444. The Labute approximate surface area is 91.7 Å². The van der Waals surface area contributed by atoms with Gasteiger partial charge in [-0.05, 0) is 11.4 Å². The molecule has 1 unspecified atom stereocenters. The molecule has 2 heterocycles. The molecule has 1 aliphatic heterocycles. The molecular weight excluding hydrogens is 208 g/mol. The van der Waals surface area contributed by atoms with E-state index in [1.807, 2.05) is 0 Å². The van der Waals surface area contributed by atoms with Crippen LogP contribution < -0.4 is 4.90 Å². The number of anilines is 1.